The fourth-order valence-corrected chi connectivity index (χ4v) is 2.43. The molecule has 0 aliphatic carbocycles. The second-order valence-electron chi connectivity index (χ2n) is 4.65. The zero-order valence-corrected chi connectivity index (χ0v) is 15.4. The van der Waals surface area contributed by atoms with Crippen molar-refractivity contribution in [2.45, 2.75) is 6.92 Å². The minimum atomic E-state index is -0.468. The lowest BCUT2D eigenvalue weighted by Gasteiger charge is -2.11. The van der Waals surface area contributed by atoms with Gasteiger partial charge in [0.05, 0.1) is 18.2 Å². The number of carbonyl (C=O) groups excluding carboxylic acids is 1. The number of benzene rings is 2. The van der Waals surface area contributed by atoms with Gasteiger partial charge in [-0.05, 0) is 37.3 Å². The lowest BCUT2D eigenvalue weighted by atomic mass is 10.3. The van der Waals surface area contributed by atoms with Gasteiger partial charge in [-0.25, -0.2) is 4.79 Å². The number of amides is 1. The van der Waals surface area contributed by atoms with E-state index in [-0.39, 0.29) is 6.61 Å². The third kappa shape index (κ3) is 5.94. The monoisotopic (exact) mass is 413 g/mol. The molecule has 128 valence electrons. The summed E-state index contributed by atoms with van der Waals surface area (Å²) in [5, 5.41) is 2.99. The molecule has 7 heteroatoms. The van der Waals surface area contributed by atoms with E-state index in [9.17, 15) is 4.79 Å². The number of hydrogen-bond acceptors (Lipinski definition) is 4. The van der Waals surface area contributed by atoms with Crippen LogP contribution in [0.3, 0.4) is 0 Å². The first-order valence-corrected chi connectivity index (χ1v) is 8.52. The zero-order valence-electron chi connectivity index (χ0n) is 13.1. The van der Waals surface area contributed by atoms with Crippen LogP contribution in [0, 0.1) is 0 Å². The van der Waals surface area contributed by atoms with Gasteiger partial charge in [0.15, 0.2) is 0 Å². The number of rotatable bonds is 7. The van der Waals surface area contributed by atoms with Crippen LogP contribution in [-0.2, 0) is 4.74 Å². The van der Waals surface area contributed by atoms with Crippen molar-refractivity contribution in [1.29, 1.82) is 0 Å². The van der Waals surface area contributed by atoms with Crippen molar-refractivity contribution in [3.63, 3.8) is 0 Å². The second-order valence-corrected chi connectivity index (χ2v) is 5.97. The number of nitrogens with one attached hydrogen (secondary N) is 1. The molecule has 0 saturated carbocycles. The number of alkyl carbamates (subject to hydrolysis) is 1. The molecule has 0 spiro atoms. The first-order chi connectivity index (χ1) is 11.6. The van der Waals surface area contributed by atoms with Gasteiger partial charge in [0.2, 0.25) is 0 Å². The summed E-state index contributed by atoms with van der Waals surface area (Å²) < 4.78 is 16.9. The molecule has 2 rings (SSSR count). The topological polar surface area (TPSA) is 56.8 Å². The smallest absolute Gasteiger partial charge is 0.407 e. The van der Waals surface area contributed by atoms with Gasteiger partial charge in [-0.3, -0.25) is 0 Å². The van der Waals surface area contributed by atoms with Crippen molar-refractivity contribution in [3.05, 3.63) is 52.0 Å². The van der Waals surface area contributed by atoms with Crippen molar-refractivity contribution in [2.75, 3.05) is 19.8 Å². The van der Waals surface area contributed by atoms with Gasteiger partial charge in [-0.15, -0.1) is 0 Å². The fourth-order valence-electron chi connectivity index (χ4n) is 1.82. The Bertz CT molecular complexity index is 696. The molecule has 1 N–H and O–H groups in total. The maximum atomic E-state index is 11.1. The predicted molar refractivity (Wildman–Crippen MR) is 96.2 cm³/mol. The number of ether oxygens (including phenoxy) is 3. The normalized spacial score (nSPS) is 10.1. The van der Waals surface area contributed by atoms with Gasteiger partial charge in [0.25, 0.3) is 0 Å². The summed E-state index contributed by atoms with van der Waals surface area (Å²) in [7, 11) is 0. The van der Waals surface area contributed by atoms with Crippen molar-refractivity contribution < 1.29 is 19.0 Å². The van der Waals surface area contributed by atoms with Crippen molar-refractivity contribution in [3.8, 4) is 17.2 Å². The molecule has 0 unspecified atom stereocenters. The fraction of sp³-hybridized carbons (Fsp3) is 0.235. The van der Waals surface area contributed by atoms with Crippen molar-refractivity contribution in [2.24, 2.45) is 0 Å². The summed E-state index contributed by atoms with van der Waals surface area (Å²) in [6.45, 7) is 2.68. The first kappa shape index (κ1) is 18.4. The SMILES string of the molecule is CCOC(=O)NCCOc1ccc(Oc2cccc(Br)c2)cc1Cl. The molecule has 1 amide bonds. The molecule has 0 heterocycles. The second kappa shape index (κ2) is 9.39. The summed E-state index contributed by atoms with van der Waals surface area (Å²) in [5.41, 5.74) is 0. The van der Waals surface area contributed by atoms with Crippen LogP contribution in [0.5, 0.6) is 17.2 Å². The van der Waals surface area contributed by atoms with E-state index in [1.54, 1.807) is 25.1 Å². The molecule has 0 atom stereocenters. The van der Waals surface area contributed by atoms with Gasteiger partial charge in [0, 0.05) is 10.5 Å². The van der Waals surface area contributed by atoms with Crippen LogP contribution < -0.4 is 14.8 Å². The van der Waals surface area contributed by atoms with E-state index < -0.39 is 6.09 Å². The number of hydrogen-bond donors (Lipinski definition) is 1. The Morgan fingerprint density at radius 3 is 2.71 bits per heavy atom. The molecule has 0 bridgehead atoms. The molecule has 0 radical (unpaired) electrons. The van der Waals surface area contributed by atoms with Crippen LogP contribution in [0.1, 0.15) is 6.92 Å². The van der Waals surface area contributed by atoms with E-state index in [1.165, 1.54) is 0 Å². The Labute approximate surface area is 154 Å². The molecule has 24 heavy (non-hydrogen) atoms. The van der Waals surface area contributed by atoms with E-state index in [4.69, 9.17) is 25.8 Å². The molecular formula is C17H17BrClNO4. The third-order valence-corrected chi connectivity index (χ3v) is 3.63. The quantitative estimate of drug-likeness (QED) is 0.646. The van der Waals surface area contributed by atoms with E-state index in [0.29, 0.717) is 35.4 Å². The summed E-state index contributed by atoms with van der Waals surface area (Å²) in [5.74, 6) is 1.83. The Kier molecular flexibility index (Phi) is 7.21. The molecule has 2 aromatic carbocycles. The van der Waals surface area contributed by atoms with E-state index in [2.05, 4.69) is 21.2 Å². The van der Waals surface area contributed by atoms with Crippen LogP contribution in [0.25, 0.3) is 0 Å². The van der Waals surface area contributed by atoms with Crippen LogP contribution in [-0.4, -0.2) is 25.9 Å². The third-order valence-electron chi connectivity index (χ3n) is 2.84. The molecule has 0 saturated heterocycles. The van der Waals surface area contributed by atoms with Gasteiger partial charge in [0.1, 0.15) is 23.9 Å². The predicted octanol–water partition coefficient (Wildman–Crippen LogP) is 5.02. The minimum Gasteiger partial charge on any atom is -0.490 e. The lowest BCUT2D eigenvalue weighted by Crippen LogP contribution is -2.28. The largest absolute Gasteiger partial charge is 0.490 e. The molecule has 2 aromatic rings. The van der Waals surface area contributed by atoms with Gasteiger partial charge < -0.3 is 19.5 Å². The van der Waals surface area contributed by atoms with E-state index in [0.717, 1.165) is 4.47 Å². The van der Waals surface area contributed by atoms with Crippen molar-refractivity contribution in [1.82, 2.24) is 5.32 Å². The highest BCUT2D eigenvalue weighted by atomic mass is 79.9. The molecule has 5 nitrogen and oxygen atoms in total. The summed E-state index contributed by atoms with van der Waals surface area (Å²) in [4.78, 5) is 11.1. The maximum absolute atomic E-state index is 11.1. The van der Waals surface area contributed by atoms with Crippen LogP contribution in [0.4, 0.5) is 4.79 Å². The molecule has 0 fully saturated rings. The van der Waals surface area contributed by atoms with E-state index in [1.807, 2.05) is 24.3 Å². The maximum Gasteiger partial charge on any atom is 0.407 e. The summed E-state index contributed by atoms with van der Waals surface area (Å²) in [6.07, 6.45) is -0.468. The minimum absolute atomic E-state index is 0.282. The first-order valence-electron chi connectivity index (χ1n) is 7.35. The summed E-state index contributed by atoms with van der Waals surface area (Å²) in [6, 6.07) is 12.7. The van der Waals surface area contributed by atoms with Crippen molar-refractivity contribution >= 4 is 33.6 Å². The van der Waals surface area contributed by atoms with Gasteiger partial charge >= 0.3 is 6.09 Å². The summed E-state index contributed by atoms with van der Waals surface area (Å²) >= 11 is 9.58. The Morgan fingerprint density at radius 1 is 1.21 bits per heavy atom. The zero-order chi connectivity index (χ0) is 17.4. The Morgan fingerprint density at radius 2 is 2.00 bits per heavy atom. The highest BCUT2D eigenvalue weighted by Crippen LogP contribution is 2.31. The molecule has 0 aromatic heterocycles. The highest BCUT2D eigenvalue weighted by molar-refractivity contribution is 9.10. The Balaban J connectivity index is 1.86. The number of halogens is 2. The highest BCUT2D eigenvalue weighted by Gasteiger charge is 2.06. The average Bonchev–Trinajstić information content (AvgIpc) is 2.53. The molecule has 0 aliphatic rings. The van der Waals surface area contributed by atoms with E-state index >= 15 is 0 Å². The standard InChI is InChI=1S/C17H17BrClNO4/c1-2-22-17(21)20-8-9-23-16-7-6-14(11-15(16)19)24-13-5-3-4-12(18)10-13/h3-7,10-11H,2,8-9H2,1H3,(H,20,21). The molecular weight excluding hydrogens is 398 g/mol. The number of carbonyl (C=O) groups is 1. The van der Waals surface area contributed by atoms with Gasteiger partial charge in [-0.2, -0.15) is 0 Å². The van der Waals surface area contributed by atoms with Crippen LogP contribution >= 0.6 is 27.5 Å². The van der Waals surface area contributed by atoms with Crippen LogP contribution in [0.15, 0.2) is 46.9 Å². The molecule has 0 aliphatic heterocycles. The van der Waals surface area contributed by atoms with Gasteiger partial charge in [-0.1, -0.05) is 33.6 Å². The van der Waals surface area contributed by atoms with Crippen LogP contribution in [0.2, 0.25) is 5.02 Å². The Hall–Kier alpha value is -1.92. The lowest BCUT2D eigenvalue weighted by molar-refractivity contribution is 0.150. The average molecular weight is 415 g/mol.